The second-order valence-electron chi connectivity index (χ2n) is 4.00. The predicted molar refractivity (Wildman–Crippen MR) is 61.3 cm³/mol. The molecule has 0 saturated carbocycles. The summed E-state index contributed by atoms with van der Waals surface area (Å²) in [6.45, 7) is 3.47. The Balaban J connectivity index is 2.49. The average molecular weight is 228 g/mol. The molecule has 1 saturated heterocycles. The van der Waals surface area contributed by atoms with Crippen molar-refractivity contribution in [2.24, 2.45) is 5.10 Å². The Morgan fingerprint density at radius 1 is 1.50 bits per heavy atom. The van der Waals surface area contributed by atoms with E-state index >= 15 is 0 Å². The standard InChI is InChI=1S/C11H20N2O3/c1-9(7-11(14)16-3)12-13-6-4-5-10(13)8-15-2/h10H,4-8H2,1-3H3/t10-/m1/s1. The highest BCUT2D eigenvalue weighted by molar-refractivity contribution is 5.97. The van der Waals surface area contributed by atoms with Crippen molar-refractivity contribution in [2.75, 3.05) is 27.4 Å². The molecule has 92 valence electrons. The Labute approximate surface area is 96.4 Å². The maximum Gasteiger partial charge on any atom is 0.311 e. The van der Waals surface area contributed by atoms with Crippen LogP contribution >= 0.6 is 0 Å². The summed E-state index contributed by atoms with van der Waals surface area (Å²) in [4.78, 5) is 11.1. The molecule has 0 aromatic carbocycles. The quantitative estimate of drug-likeness (QED) is 0.521. The van der Waals surface area contributed by atoms with E-state index in [1.807, 2.05) is 11.9 Å². The number of carbonyl (C=O) groups excluding carboxylic acids is 1. The molecule has 1 heterocycles. The van der Waals surface area contributed by atoms with E-state index in [1.54, 1.807) is 7.11 Å². The first-order valence-electron chi connectivity index (χ1n) is 5.54. The van der Waals surface area contributed by atoms with Crippen molar-refractivity contribution in [1.82, 2.24) is 5.01 Å². The highest BCUT2D eigenvalue weighted by Gasteiger charge is 2.23. The van der Waals surface area contributed by atoms with Crippen LogP contribution in [0, 0.1) is 0 Å². The molecule has 1 atom stereocenters. The van der Waals surface area contributed by atoms with Gasteiger partial charge in [-0.2, -0.15) is 5.10 Å². The van der Waals surface area contributed by atoms with E-state index in [-0.39, 0.29) is 12.4 Å². The second kappa shape index (κ2) is 6.48. The maximum atomic E-state index is 11.1. The minimum atomic E-state index is -0.247. The summed E-state index contributed by atoms with van der Waals surface area (Å²) in [6.07, 6.45) is 2.48. The Kier molecular flexibility index (Phi) is 5.25. The number of methoxy groups -OCH3 is 2. The number of ether oxygens (including phenoxy) is 2. The van der Waals surface area contributed by atoms with Crippen LogP contribution in [0.4, 0.5) is 0 Å². The first-order valence-corrected chi connectivity index (χ1v) is 5.54. The monoisotopic (exact) mass is 228 g/mol. The van der Waals surface area contributed by atoms with Gasteiger partial charge in [0.2, 0.25) is 0 Å². The van der Waals surface area contributed by atoms with Crippen LogP contribution in [0.3, 0.4) is 0 Å². The number of hydrogen-bond acceptors (Lipinski definition) is 5. The Morgan fingerprint density at radius 2 is 2.25 bits per heavy atom. The van der Waals surface area contributed by atoms with Gasteiger partial charge in [-0.25, -0.2) is 0 Å². The third kappa shape index (κ3) is 3.81. The topological polar surface area (TPSA) is 51.1 Å². The molecule has 0 radical (unpaired) electrons. The minimum Gasteiger partial charge on any atom is -0.469 e. The highest BCUT2D eigenvalue weighted by atomic mass is 16.5. The van der Waals surface area contributed by atoms with Gasteiger partial charge in [-0.1, -0.05) is 0 Å². The van der Waals surface area contributed by atoms with Gasteiger partial charge in [0.05, 0.1) is 26.2 Å². The fraction of sp³-hybridized carbons (Fsp3) is 0.818. The largest absolute Gasteiger partial charge is 0.469 e. The molecule has 0 aromatic heterocycles. The second-order valence-corrected chi connectivity index (χ2v) is 4.00. The average Bonchev–Trinajstić information content (AvgIpc) is 2.66. The van der Waals surface area contributed by atoms with Crippen LogP contribution in [-0.2, 0) is 14.3 Å². The molecule has 1 aliphatic heterocycles. The Hall–Kier alpha value is -1.10. The first kappa shape index (κ1) is 13.0. The number of hydrazone groups is 1. The third-order valence-electron chi connectivity index (χ3n) is 2.63. The van der Waals surface area contributed by atoms with Gasteiger partial charge in [0.1, 0.15) is 0 Å². The van der Waals surface area contributed by atoms with E-state index in [0.29, 0.717) is 12.6 Å². The van der Waals surface area contributed by atoms with Crippen LogP contribution in [0.5, 0.6) is 0 Å². The summed E-state index contributed by atoms with van der Waals surface area (Å²) in [5.74, 6) is -0.247. The van der Waals surface area contributed by atoms with E-state index in [9.17, 15) is 4.79 Å². The zero-order valence-corrected chi connectivity index (χ0v) is 10.2. The molecule has 0 N–H and O–H groups in total. The molecular weight excluding hydrogens is 208 g/mol. The van der Waals surface area contributed by atoms with Crippen molar-refractivity contribution in [3.8, 4) is 0 Å². The van der Waals surface area contributed by atoms with Crippen molar-refractivity contribution < 1.29 is 14.3 Å². The molecule has 1 rings (SSSR count). The van der Waals surface area contributed by atoms with Crippen LogP contribution in [0.2, 0.25) is 0 Å². The van der Waals surface area contributed by atoms with Gasteiger partial charge in [0.15, 0.2) is 0 Å². The fourth-order valence-electron chi connectivity index (χ4n) is 1.85. The SMILES string of the molecule is COC[C@H]1CCCN1N=C(C)CC(=O)OC. The smallest absolute Gasteiger partial charge is 0.311 e. The lowest BCUT2D eigenvalue weighted by atomic mass is 10.2. The molecule has 5 heteroatoms. The van der Waals surface area contributed by atoms with Crippen molar-refractivity contribution in [3.05, 3.63) is 0 Å². The molecule has 0 amide bonds. The van der Waals surface area contributed by atoms with Crippen LogP contribution < -0.4 is 0 Å². The molecule has 0 spiro atoms. The number of rotatable bonds is 5. The number of nitrogens with zero attached hydrogens (tertiary/aromatic N) is 2. The molecule has 1 fully saturated rings. The zero-order chi connectivity index (χ0) is 12.0. The van der Waals surface area contributed by atoms with Gasteiger partial charge in [-0.3, -0.25) is 9.80 Å². The summed E-state index contributed by atoms with van der Waals surface area (Å²) >= 11 is 0. The van der Waals surface area contributed by atoms with Crippen LogP contribution in [-0.4, -0.2) is 50.1 Å². The van der Waals surface area contributed by atoms with Crippen molar-refractivity contribution >= 4 is 11.7 Å². The predicted octanol–water partition coefficient (Wildman–Crippen LogP) is 1.04. The summed E-state index contributed by atoms with van der Waals surface area (Å²) in [7, 11) is 3.08. The van der Waals surface area contributed by atoms with Crippen molar-refractivity contribution in [2.45, 2.75) is 32.2 Å². The molecule has 0 unspecified atom stereocenters. The molecule has 0 aromatic rings. The van der Waals surface area contributed by atoms with Crippen molar-refractivity contribution in [1.29, 1.82) is 0 Å². The Morgan fingerprint density at radius 3 is 2.88 bits per heavy atom. The van der Waals surface area contributed by atoms with E-state index in [2.05, 4.69) is 9.84 Å². The highest BCUT2D eigenvalue weighted by Crippen LogP contribution is 2.17. The lowest BCUT2D eigenvalue weighted by molar-refractivity contribution is -0.139. The van der Waals surface area contributed by atoms with E-state index in [1.165, 1.54) is 7.11 Å². The van der Waals surface area contributed by atoms with Crippen LogP contribution in [0.1, 0.15) is 26.2 Å². The number of hydrogen-bond donors (Lipinski definition) is 0. The molecular formula is C11H20N2O3. The van der Waals surface area contributed by atoms with Gasteiger partial charge in [-0.15, -0.1) is 0 Å². The Bertz CT molecular complexity index is 266. The normalized spacial score (nSPS) is 21.3. The van der Waals surface area contributed by atoms with Crippen molar-refractivity contribution in [3.63, 3.8) is 0 Å². The lowest BCUT2D eigenvalue weighted by Crippen LogP contribution is -2.29. The maximum absolute atomic E-state index is 11.1. The third-order valence-corrected chi connectivity index (χ3v) is 2.63. The summed E-state index contributed by atoms with van der Waals surface area (Å²) < 4.78 is 9.73. The molecule has 5 nitrogen and oxygen atoms in total. The van der Waals surface area contributed by atoms with Gasteiger partial charge in [0, 0.05) is 19.4 Å². The first-order chi connectivity index (χ1) is 7.67. The van der Waals surface area contributed by atoms with E-state index in [0.717, 1.165) is 25.1 Å². The van der Waals surface area contributed by atoms with Crippen LogP contribution in [0.15, 0.2) is 5.10 Å². The van der Waals surface area contributed by atoms with Gasteiger partial charge in [-0.05, 0) is 19.8 Å². The number of esters is 1. The number of carbonyl (C=O) groups is 1. The van der Waals surface area contributed by atoms with Gasteiger partial charge >= 0.3 is 5.97 Å². The lowest BCUT2D eigenvalue weighted by Gasteiger charge is -2.21. The molecule has 0 aliphatic carbocycles. The van der Waals surface area contributed by atoms with Crippen LogP contribution in [0.25, 0.3) is 0 Å². The summed E-state index contributed by atoms with van der Waals surface area (Å²) in [6, 6.07) is 0.345. The summed E-state index contributed by atoms with van der Waals surface area (Å²) in [5, 5.41) is 6.45. The fourth-order valence-corrected chi connectivity index (χ4v) is 1.85. The van der Waals surface area contributed by atoms with Gasteiger partial charge in [0.25, 0.3) is 0 Å². The summed E-state index contributed by atoms with van der Waals surface area (Å²) in [5.41, 5.74) is 0.787. The van der Waals surface area contributed by atoms with E-state index in [4.69, 9.17) is 4.74 Å². The minimum absolute atomic E-state index is 0.247. The molecule has 16 heavy (non-hydrogen) atoms. The van der Waals surface area contributed by atoms with E-state index < -0.39 is 0 Å². The zero-order valence-electron chi connectivity index (χ0n) is 10.2. The molecule has 1 aliphatic rings. The molecule has 0 bridgehead atoms. The van der Waals surface area contributed by atoms with Gasteiger partial charge < -0.3 is 9.47 Å².